The first kappa shape index (κ1) is 13.7. The van der Waals surface area contributed by atoms with Crippen LogP contribution in [-0.4, -0.2) is 17.3 Å². The lowest BCUT2D eigenvalue weighted by Crippen LogP contribution is -2.32. The second-order valence-corrected chi connectivity index (χ2v) is 6.19. The van der Waals surface area contributed by atoms with Crippen molar-refractivity contribution in [3.63, 3.8) is 0 Å². The SMILES string of the molecule is COC1(c2noc(C(N)c3cccs3)n2)CCCCC1. The molecule has 2 aromatic rings. The Bertz CT molecular complexity index is 547. The molecule has 1 unspecified atom stereocenters. The van der Waals surface area contributed by atoms with Crippen molar-refractivity contribution >= 4 is 11.3 Å². The van der Waals surface area contributed by atoms with E-state index in [1.807, 2.05) is 17.5 Å². The van der Waals surface area contributed by atoms with Crippen molar-refractivity contribution in [3.05, 3.63) is 34.1 Å². The number of ether oxygens (including phenoxy) is 1. The summed E-state index contributed by atoms with van der Waals surface area (Å²) in [7, 11) is 1.72. The summed E-state index contributed by atoms with van der Waals surface area (Å²) in [6.07, 6.45) is 5.39. The molecule has 6 heteroatoms. The highest BCUT2D eigenvalue weighted by Crippen LogP contribution is 2.39. The lowest BCUT2D eigenvalue weighted by atomic mass is 9.84. The van der Waals surface area contributed by atoms with Gasteiger partial charge in [0, 0.05) is 12.0 Å². The molecular formula is C14H19N3O2S. The average Bonchev–Trinajstić information content (AvgIpc) is 3.19. The molecule has 1 saturated carbocycles. The predicted octanol–water partition coefficient (Wildman–Crippen LogP) is 2.99. The molecule has 0 amide bonds. The van der Waals surface area contributed by atoms with Crippen LogP contribution in [0, 0.1) is 0 Å². The van der Waals surface area contributed by atoms with Crippen LogP contribution in [0.1, 0.15) is 54.7 Å². The van der Waals surface area contributed by atoms with Gasteiger partial charge in [-0.2, -0.15) is 4.98 Å². The molecular weight excluding hydrogens is 274 g/mol. The van der Waals surface area contributed by atoms with Crippen LogP contribution in [0.5, 0.6) is 0 Å². The molecule has 2 N–H and O–H groups in total. The van der Waals surface area contributed by atoms with Crippen molar-refractivity contribution < 1.29 is 9.26 Å². The third-order valence-corrected chi connectivity index (χ3v) is 4.97. The van der Waals surface area contributed by atoms with E-state index in [2.05, 4.69) is 10.1 Å². The summed E-state index contributed by atoms with van der Waals surface area (Å²) >= 11 is 1.59. The van der Waals surface area contributed by atoms with Gasteiger partial charge in [-0.25, -0.2) is 0 Å². The molecule has 0 spiro atoms. The van der Waals surface area contributed by atoms with Crippen LogP contribution in [0.4, 0.5) is 0 Å². The second kappa shape index (κ2) is 5.63. The molecule has 0 saturated heterocycles. The molecule has 108 valence electrons. The predicted molar refractivity (Wildman–Crippen MR) is 76.4 cm³/mol. The highest BCUT2D eigenvalue weighted by Gasteiger charge is 2.39. The van der Waals surface area contributed by atoms with Crippen LogP contribution >= 0.6 is 11.3 Å². The van der Waals surface area contributed by atoms with Crippen molar-refractivity contribution in [2.24, 2.45) is 5.73 Å². The van der Waals surface area contributed by atoms with Gasteiger partial charge in [-0.15, -0.1) is 11.3 Å². The molecule has 2 heterocycles. The number of methoxy groups -OCH3 is 1. The van der Waals surface area contributed by atoms with E-state index in [0.29, 0.717) is 11.7 Å². The normalized spacial score (nSPS) is 19.9. The van der Waals surface area contributed by atoms with Crippen LogP contribution in [0.2, 0.25) is 0 Å². The van der Waals surface area contributed by atoms with Crippen LogP contribution in [0.25, 0.3) is 0 Å². The number of aromatic nitrogens is 2. The molecule has 0 bridgehead atoms. The molecule has 2 aromatic heterocycles. The van der Waals surface area contributed by atoms with Crippen LogP contribution in [-0.2, 0) is 10.3 Å². The standard InChI is InChI=1S/C14H19N3O2S/c1-18-14(7-3-2-4-8-14)13-16-12(19-17-13)11(15)10-6-5-9-20-10/h5-6,9,11H,2-4,7-8,15H2,1H3. The van der Waals surface area contributed by atoms with E-state index in [9.17, 15) is 0 Å². The Hall–Kier alpha value is -1.24. The number of nitrogens with zero attached hydrogens (tertiary/aromatic N) is 2. The first-order valence-corrected chi connectivity index (χ1v) is 7.81. The van der Waals surface area contributed by atoms with Crippen LogP contribution < -0.4 is 5.73 Å². The van der Waals surface area contributed by atoms with Crippen molar-refractivity contribution in [3.8, 4) is 0 Å². The molecule has 0 aliphatic heterocycles. The van der Waals surface area contributed by atoms with Crippen molar-refractivity contribution in [2.45, 2.75) is 43.7 Å². The molecule has 0 radical (unpaired) electrons. The summed E-state index contributed by atoms with van der Waals surface area (Å²) in [6.45, 7) is 0. The van der Waals surface area contributed by atoms with Crippen LogP contribution in [0.15, 0.2) is 22.0 Å². The molecule has 1 aliphatic carbocycles. The van der Waals surface area contributed by atoms with Gasteiger partial charge in [0.15, 0.2) is 0 Å². The molecule has 1 fully saturated rings. The monoisotopic (exact) mass is 293 g/mol. The largest absolute Gasteiger partial charge is 0.370 e. The molecule has 1 aliphatic rings. The van der Waals surface area contributed by atoms with Gasteiger partial charge >= 0.3 is 0 Å². The van der Waals surface area contributed by atoms with Gasteiger partial charge in [-0.1, -0.05) is 30.5 Å². The Balaban J connectivity index is 1.85. The summed E-state index contributed by atoms with van der Waals surface area (Å²) in [4.78, 5) is 5.54. The van der Waals surface area contributed by atoms with Crippen molar-refractivity contribution in [1.29, 1.82) is 0 Å². The fraction of sp³-hybridized carbons (Fsp3) is 0.571. The van der Waals surface area contributed by atoms with Gasteiger partial charge in [0.1, 0.15) is 11.6 Å². The lowest BCUT2D eigenvalue weighted by Gasteiger charge is -2.32. The topological polar surface area (TPSA) is 74.2 Å². The minimum absolute atomic E-state index is 0.353. The number of hydrogen-bond acceptors (Lipinski definition) is 6. The minimum atomic E-state index is -0.394. The first-order valence-electron chi connectivity index (χ1n) is 6.93. The summed E-state index contributed by atoms with van der Waals surface area (Å²) in [5.41, 5.74) is 5.77. The second-order valence-electron chi connectivity index (χ2n) is 5.21. The van der Waals surface area contributed by atoms with E-state index in [1.165, 1.54) is 6.42 Å². The highest BCUT2D eigenvalue weighted by molar-refractivity contribution is 7.10. The Labute approximate surface area is 122 Å². The van der Waals surface area contributed by atoms with E-state index < -0.39 is 5.60 Å². The average molecular weight is 293 g/mol. The molecule has 3 rings (SSSR count). The number of rotatable bonds is 4. The molecule has 20 heavy (non-hydrogen) atoms. The van der Waals surface area contributed by atoms with Crippen molar-refractivity contribution in [1.82, 2.24) is 10.1 Å². The summed E-state index contributed by atoms with van der Waals surface area (Å²) in [6, 6.07) is 3.59. The zero-order valence-electron chi connectivity index (χ0n) is 11.5. The Morgan fingerprint density at radius 1 is 1.40 bits per heavy atom. The fourth-order valence-corrected chi connectivity index (χ4v) is 3.50. The van der Waals surface area contributed by atoms with Gasteiger partial charge in [0.2, 0.25) is 11.7 Å². The number of nitrogens with two attached hydrogens (primary N) is 1. The third-order valence-electron chi connectivity index (χ3n) is 4.02. The van der Waals surface area contributed by atoms with Gasteiger partial charge in [0.25, 0.3) is 0 Å². The smallest absolute Gasteiger partial charge is 0.249 e. The van der Waals surface area contributed by atoms with Gasteiger partial charge in [0.05, 0.1) is 0 Å². The Kier molecular flexibility index (Phi) is 3.87. The maximum atomic E-state index is 6.16. The van der Waals surface area contributed by atoms with Crippen molar-refractivity contribution in [2.75, 3.05) is 7.11 Å². The zero-order chi connectivity index (χ0) is 14.0. The maximum Gasteiger partial charge on any atom is 0.249 e. The maximum absolute atomic E-state index is 6.16. The fourth-order valence-electron chi connectivity index (χ4n) is 2.78. The summed E-state index contributed by atoms with van der Waals surface area (Å²) in [5.74, 6) is 1.10. The highest BCUT2D eigenvalue weighted by atomic mass is 32.1. The quantitative estimate of drug-likeness (QED) is 0.938. The van der Waals surface area contributed by atoms with E-state index in [4.69, 9.17) is 15.0 Å². The lowest BCUT2D eigenvalue weighted by molar-refractivity contribution is -0.0527. The Morgan fingerprint density at radius 2 is 2.20 bits per heavy atom. The molecule has 1 atom stereocenters. The van der Waals surface area contributed by atoms with E-state index >= 15 is 0 Å². The summed E-state index contributed by atoms with van der Waals surface area (Å²) in [5, 5.41) is 6.12. The van der Waals surface area contributed by atoms with Gasteiger partial charge < -0.3 is 15.0 Å². The zero-order valence-corrected chi connectivity index (χ0v) is 12.4. The van der Waals surface area contributed by atoms with E-state index in [1.54, 1.807) is 18.4 Å². The van der Waals surface area contributed by atoms with Gasteiger partial charge in [-0.3, -0.25) is 0 Å². The first-order chi connectivity index (χ1) is 9.75. The summed E-state index contributed by atoms with van der Waals surface area (Å²) < 4.78 is 11.1. The van der Waals surface area contributed by atoms with E-state index in [-0.39, 0.29) is 6.04 Å². The molecule has 0 aromatic carbocycles. The molecule has 5 nitrogen and oxygen atoms in total. The third kappa shape index (κ3) is 2.39. The van der Waals surface area contributed by atoms with Gasteiger partial charge in [-0.05, 0) is 24.3 Å². The Morgan fingerprint density at radius 3 is 2.85 bits per heavy atom. The number of hydrogen-bond donors (Lipinski definition) is 1. The minimum Gasteiger partial charge on any atom is -0.370 e. The number of thiophene rings is 1. The van der Waals surface area contributed by atoms with E-state index in [0.717, 1.165) is 30.6 Å². The van der Waals surface area contributed by atoms with Crippen LogP contribution in [0.3, 0.4) is 0 Å².